The number of alkyl halides is 4. The summed E-state index contributed by atoms with van der Waals surface area (Å²) < 4.78 is 47.6. The summed E-state index contributed by atoms with van der Waals surface area (Å²) in [7, 11) is 0. The number of benzene rings is 2. The van der Waals surface area contributed by atoms with Gasteiger partial charge >= 0.3 is 12.3 Å². The highest BCUT2D eigenvalue weighted by Gasteiger charge is 2.31. The quantitative estimate of drug-likeness (QED) is 0.0740. The highest BCUT2D eigenvalue weighted by molar-refractivity contribution is 9.09. The smallest absolute Gasteiger partial charge is 0.416 e. The minimum Gasteiger partial charge on any atom is -0.444 e. The predicted octanol–water partition coefficient (Wildman–Crippen LogP) is 9.61. The first-order valence-electron chi connectivity index (χ1n) is 18.3. The molecule has 294 valence electrons. The number of hydrogen-bond donors (Lipinski definition) is 3. The molecule has 3 heterocycles. The van der Waals surface area contributed by atoms with Gasteiger partial charge in [0.25, 0.3) is 5.91 Å². The molecule has 10 nitrogen and oxygen atoms in total. The predicted molar refractivity (Wildman–Crippen MR) is 215 cm³/mol. The molecule has 4 aromatic rings. The Kier molecular flexibility index (Phi) is 14.0. The third-order valence-electron chi connectivity index (χ3n) is 8.91. The summed E-state index contributed by atoms with van der Waals surface area (Å²) in [4.78, 5) is 32.7. The number of carbonyl (C=O) groups is 2. The highest BCUT2D eigenvalue weighted by Crippen LogP contribution is 2.34. The first-order chi connectivity index (χ1) is 26.1. The fourth-order valence-corrected chi connectivity index (χ4v) is 6.85. The number of unbranched alkanes of at least 4 members (excludes halogenated alkanes) is 4. The van der Waals surface area contributed by atoms with Gasteiger partial charge in [0.15, 0.2) is 5.65 Å². The Morgan fingerprint density at radius 2 is 1.78 bits per heavy atom. The lowest BCUT2D eigenvalue weighted by atomic mass is 10.00. The van der Waals surface area contributed by atoms with Gasteiger partial charge in [-0.2, -0.15) is 13.2 Å². The second kappa shape index (κ2) is 18.4. The van der Waals surface area contributed by atoms with Crippen LogP contribution in [-0.2, 0) is 10.9 Å². The van der Waals surface area contributed by atoms with Crippen LogP contribution < -0.4 is 20.9 Å². The van der Waals surface area contributed by atoms with Crippen LogP contribution in [0.25, 0.3) is 5.65 Å². The summed E-state index contributed by atoms with van der Waals surface area (Å²) in [6.45, 7) is 9.20. The van der Waals surface area contributed by atoms with Gasteiger partial charge in [-0.1, -0.05) is 52.7 Å². The van der Waals surface area contributed by atoms with Crippen LogP contribution in [0.3, 0.4) is 0 Å². The fourth-order valence-electron chi connectivity index (χ4n) is 6.21. The maximum atomic E-state index is 13.7. The SMILES string of the molecule is Cc1c(C#Cc2cnc3ccc(N4CCC[C@H](NC(=O)OC(C)(C)C)C4)nn23)cc(NCCCCCCCBr)cc1C(=O)Nc1cc(Cl)cc(C(F)(F)F)c1. The normalized spacial score (nSPS) is 14.6. The molecule has 0 unspecified atom stereocenters. The number of ether oxygens (including phenoxy) is 1. The molecule has 0 bridgehead atoms. The Labute approximate surface area is 333 Å². The molecule has 0 saturated carbocycles. The van der Waals surface area contributed by atoms with E-state index in [4.69, 9.17) is 21.4 Å². The molecule has 5 rings (SSSR count). The zero-order valence-corrected chi connectivity index (χ0v) is 33.7. The number of alkyl carbamates (subject to hydrolysis) is 1. The fraction of sp³-hybridized carbons (Fsp3) is 0.450. The first-order valence-corrected chi connectivity index (χ1v) is 19.8. The molecule has 2 aromatic heterocycles. The number of fused-ring (bicyclic) bond motifs is 1. The van der Waals surface area contributed by atoms with Crippen LogP contribution >= 0.6 is 27.5 Å². The zero-order chi connectivity index (χ0) is 39.8. The van der Waals surface area contributed by atoms with Crippen molar-refractivity contribution in [2.24, 2.45) is 0 Å². The van der Waals surface area contributed by atoms with Crippen molar-refractivity contribution in [1.29, 1.82) is 0 Å². The minimum absolute atomic E-state index is 0.0769. The van der Waals surface area contributed by atoms with Crippen LogP contribution in [0.5, 0.6) is 0 Å². The molecular weight excluding hydrogens is 799 g/mol. The van der Waals surface area contributed by atoms with Gasteiger partial charge in [0.05, 0.1) is 11.8 Å². The van der Waals surface area contributed by atoms with E-state index in [1.807, 2.05) is 39.0 Å². The van der Waals surface area contributed by atoms with E-state index in [2.05, 4.69) is 53.6 Å². The monoisotopic (exact) mass is 843 g/mol. The lowest BCUT2D eigenvalue weighted by Crippen LogP contribution is -2.49. The van der Waals surface area contributed by atoms with Crippen LogP contribution in [0.4, 0.5) is 35.2 Å². The van der Waals surface area contributed by atoms with Crippen LogP contribution in [0.15, 0.2) is 48.7 Å². The van der Waals surface area contributed by atoms with Gasteiger partial charge in [-0.25, -0.2) is 14.3 Å². The standard InChI is InChI=1S/C40H46BrClF3N7O3/c1-26-27(12-13-33-24-47-35-14-15-36(50-52(33)35)51-18-10-11-30(25-51)49-38(54)55-39(2,3)4)19-31(46-17-9-7-5-6-8-16-41)23-34(26)37(53)48-32-21-28(40(43,44)45)20-29(42)22-32/h14-15,19-24,30,46H,5-11,16-18,25H2,1-4H3,(H,48,53)(H,49,54)/t30-/m0/s1. The van der Waals surface area contributed by atoms with Crippen molar-refractivity contribution in [1.82, 2.24) is 19.9 Å². The molecule has 15 heteroatoms. The van der Waals surface area contributed by atoms with Gasteiger partial charge in [0, 0.05) is 58.5 Å². The molecule has 1 aliphatic heterocycles. The van der Waals surface area contributed by atoms with Crippen molar-refractivity contribution >= 4 is 62.4 Å². The van der Waals surface area contributed by atoms with E-state index < -0.39 is 29.3 Å². The maximum Gasteiger partial charge on any atom is 0.416 e. The van der Waals surface area contributed by atoms with Crippen LogP contribution in [0.2, 0.25) is 5.02 Å². The van der Waals surface area contributed by atoms with E-state index in [1.54, 1.807) is 23.7 Å². The summed E-state index contributed by atoms with van der Waals surface area (Å²) in [5.74, 6) is 6.47. The third kappa shape index (κ3) is 12.0. The second-order valence-corrected chi connectivity index (χ2v) is 15.8. The molecule has 0 spiro atoms. The third-order valence-corrected chi connectivity index (χ3v) is 9.69. The van der Waals surface area contributed by atoms with E-state index in [9.17, 15) is 22.8 Å². The summed E-state index contributed by atoms with van der Waals surface area (Å²) in [5.41, 5.74) is 1.47. The Morgan fingerprint density at radius 1 is 1.02 bits per heavy atom. The van der Waals surface area contributed by atoms with Crippen molar-refractivity contribution in [3.05, 3.63) is 81.6 Å². The number of halogens is 5. The summed E-state index contributed by atoms with van der Waals surface area (Å²) in [6, 6.07) is 10.1. The molecule has 3 N–H and O–H groups in total. The summed E-state index contributed by atoms with van der Waals surface area (Å²) in [6.07, 6.45) is 3.56. The topological polar surface area (TPSA) is 113 Å². The lowest BCUT2D eigenvalue weighted by molar-refractivity contribution is -0.137. The van der Waals surface area contributed by atoms with Crippen LogP contribution in [0.1, 0.15) is 98.5 Å². The second-order valence-electron chi connectivity index (χ2n) is 14.5. The zero-order valence-electron chi connectivity index (χ0n) is 31.4. The van der Waals surface area contributed by atoms with Crippen molar-refractivity contribution in [2.45, 2.75) is 90.5 Å². The number of nitrogens with one attached hydrogen (secondary N) is 3. The highest BCUT2D eigenvalue weighted by atomic mass is 79.9. The summed E-state index contributed by atoms with van der Waals surface area (Å²) >= 11 is 9.45. The van der Waals surface area contributed by atoms with Gasteiger partial charge in [-0.15, -0.1) is 5.10 Å². The number of nitrogens with zero attached hydrogens (tertiary/aromatic N) is 4. The molecule has 1 atom stereocenters. The molecule has 1 fully saturated rings. The van der Waals surface area contributed by atoms with Gasteiger partial charge in [-0.3, -0.25) is 4.79 Å². The van der Waals surface area contributed by atoms with Crippen molar-refractivity contribution in [3.63, 3.8) is 0 Å². The molecular formula is C40H46BrClF3N7O3. The average Bonchev–Trinajstić information content (AvgIpc) is 3.52. The van der Waals surface area contributed by atoms with E-state index in [0.717, 1.165) is 69.0 Å². The maximum absolute atomic E-state index is 13.7. The van der Waals surface area contributed by atoms with E-state index in [1.165, 1.54) is 6.07 Å². The van der Waals surface area contributed by atoms with E-state index >= 15 is 0 Å². The molecule has 0 aliphatic carbocycles. The van der Waals surface area contributed by atoms with Crippen LogP contribution in [0, 0.1) is 18.8 Å². The number of rotatable bonds is 12. The van der Waals surface area contributed by atoms with Gasteiger partial charge in [0.2, 0.25) is 0 Å². The molecule has 2 amide bonds. The number of amides is 2. The number of aromatic nitrogens is 3. The number of imidazole rings is 1. The van der Waals surface area contributed by atoms with Crippen molar-refractivity contribution in [3.8, 4) is 11.8 Å². The molecule has 2 aromatic carbocycles. The molecule has 1 aliphatic rings. The van der Waals surface area contributed by atoms with Gasteiger partial charge in [-0.05, 0) is 107 Å². The summed E-state index contributed by atoms with van der Waals surface area (Å²) in [5, 5.41) is 14.6. The van der Waals surface area contributed by atoms with Crippen molar-refractivity contribution in [2.75, 3.05) is 40.5 Å². The number of carbonyl (C=O) groups excluding carboxylic acids is 2. The largest absolute Gasteiger partial charge is 0.444 e. The van der Waals surface area contributed by atoms with Crippen molar-refractivity contribution < 1.29 is 27.5 Å². The number of hydrogen-bond acceptors (Lipinski definition) is 7. The first kappa shape index (κ1) is 41.7. The molecule has 55 heavy (non-hydrogen) atoms. The number of anilines is 3. The Morgan fingerprint density at radius 3 is 2.53 bits per heavy atom. The van der Waals surface area contributed by atoms with E-state index in [0.29, 0.717) is 47.1 Å². The van der Waals surface area contributed by atoms with Gasteiger partial charge in [0.1, 0.15) is 17.1 Å². The Bertz CT molecular complexity index is 2060. The lowest BCUT2D eigenvalue weighted by Gasteiger charge is -2.34. The minimum atomic E-state index is -4.64. The Hall–Kier alpha value is -4.48. The number of piperidine rings is 1. The van der Waals surface area contributed by atoms with Crippen LogP contribution in [-0.4, -0.2) is 63.2 Å². The van der Waals surface area contributed by atoms with Gasteiger partial charge < -0.3 is 25.6 Å². The average molecular weight is 845 g/mol. The van der Waals surface area contributed by atoms with E-state index in [-0.39, 0.29) is 22.3 Å². The molecule has 0 radical (unpaired) electrons. The molecule has 1 saturated heterocycles. The Balaban J connectivity index is 1.40.